The Morgan fingerprint density at radius 2 is 1.89 bits per heavy atom. The highest BCUT2D eigenvalue weighted by Crippen LogP contribution is 2.27. The number of benzene rings is 1. The predicted octanol–water partition coefficient (Wildman–Crippen LogP) is 3.45. The molecule has 2 aromatic rings. The zero-order chi connectivity index (χ0) is 14.0. The molecular weight excluding hydrogens is 239 g/mol. The first-order chi connectivity index (χ1) is 9.02. The van der Waals surface area contributed by atoms with Gasteiger partial charge in [-0.2, -0.15) is 0 Å². The van der Waals surface area contributed by atoms with E-state index in [1.165, 1.54) is 0 Å². The Balaban J connectivity index is 2.54. The van der Waals surface area contributed by atoms with Crippen LogP contribution in [0.4, 0.5) is 4.39 Å². The summed E-state index contributed by atoms with van der Waals surface area (Å²) in [6, 6.07) is 9.16. The number of pyridine rings is 1. The molecule has 1 heterocycles. The van der Waals surface area contributed by atoms with Crippen LogP contribution in [0.25, 0.3) is 0 Å². The fourth-order valence-electron chi connectivity index (χ4n) is 2.46. The normalized spacial score (nSPS) is 12.5. The Hall–Kier alpha value is -1.74. The van der Waals surface area contributed by atoms with Gasteiger partial charge in [0.15, 0.2) is 0 Å². The Morgan fingerprint density at radius 1 is 1.16 bits per heavy atom. The molecule has 1 aromatic carbocycles. The van der Waals surface area contributed by atoms with Crippen molar-refractivity contribution in [3.05, 3.63) is 64.2 Å². The number of aryl methyl sites for hydroxylation is 3. The van der Waals surface area contributed by atoms with E-state index < -0.39 is 0 Å². The molecule has 1 aromatic heterocycles. The Morgan fingerprint density at radius 3 is 2.47 bits per heavy atom. The van der Waals surface area contributed by atoms with Crippen LogP contribution in [0, 0.1) is 26.6 Å². The second-order valence-corrected chi connectivity index (χ2v) is 4.90. The summed E-state index contributed by atoms with van der Waals surface area (Å²) < 4.78 is 14.3. The maximum Gasteiger partial charge on any atom is 0.128 e. The zero-order valence-corrected chi connectivity index (χ0v) is 11.8. The lowest BCUT2D eigenvalue weighted by molar-refractivity contribution is 0.566. The molecule has 0 saturated heterocycles. The van der Waals surface area contributed by atoms with E-state index in [9.17, 15) is 4.39 Å². The highest BCUT2D eigenvalue weighted by Gasteiger charge is 2.20. The van der Waals surface area contributed by atoms with Crippen LogP contribution in [0.15, 0.2) is 30.3 Å². The summed E-state index contributed by atoms with van der Waals surface area (Å²) in [6.07, 6.45) is 0. The molecule has 0 radical (unpaired) electrons. The van der Waals surface area contributed by atoms with Gasteiger partial charge < -0.3 is 5.32 Å². The second kappa shape index (κ2) is 5.49. The molecule has 1 atom stereocenters. The summed E-state index contributed by atoms with van der Waals surface area (Å²) in [6.45, 7) is 5.78. The standard InChI is InChI=1S/C16H19FN2/c1-10-8-11(2)15(13(17)9-10)16(18-4)14-7-5-6-12(3)19-14/h5-9,16,18H,1-4H3. The minimum atomic E-state index is -0.222. The Labute approximate surface area is 113 Å². The zero-order valence-electron chi connectivity index (χ0n) is 11.8. The Bertz CT molecular complexity index is 570. The van der Waals surface area contributed by atoms with E-state index in [0.29, 0.717) is 5.56 Å². The van der Waals surface area contributed by atoms with Crippen molar-refractivity contribution in [1.82, 2.24) is 10.3 Å². The van der Waals surface area contributed by atoms with E-state index in [-0.39, 0.29) is 11.9 Å². The van der Waals surface area contributed by atoms with E-state index in [4.69, 9.17) is 0 Å². The van der Waals surface area contributed by atoms with Crippen molar-refractivity contribution >= 4 is 0 Å². The van der Waals surface area contributed by atoms with E-state index in [1.807, 2.05) is 52.1 Å². The molecule has 0 saturated carbocycles. The first-order valence-electron chi connectivity index (χ1n) is 6.40. The molecular formula is C16H19FN2. The number of hydrogen-bond donors (Lipinski definition) is 1. The average molecular weight is 258 g/mol. The number of nitrogens with one attached hydrogen (secondary N) is 1. The maximum atomic E-state index is 14.3. The highest BCUT2D eigenvalue weighted by molar-refractivity contribution is 5.38. The minimum absolute atomic E-state index is 0.180. The van der Waals surface area contributed by atoms with Gasteiger partial charge in [0.05, 0.1) is 11.7 Å². The summed E-state index contributed by atoms with van der Waals surface area (Å²) in [5.41, 5.74) is 4.33. The van der Waals surface area contributed by atoms with Crippen LogP contribution in [0.1, 0.15) is 34.1 Å². The second-order valence-electron chi connectivity index (χ2n) is 4.90. The van der Waals surface area contributed by atoms with Crippen LogP contribution in [0.3, 0.4) is 0 Å². The summed E-state index contributed by atoms with van der Waals surface area (Å²) in [5, 5.41) is 3.16. The van der Waals surface area contributed by atoms with Crippen molar-refractivity contribution in [3.63, 3.8) is 0 Å². The van der Waals surface area contributed by atoms with E-state index in [2.05, 4.69) is 10.3 Å². The summed E-state index contributed by atoms with van der Waals surface area (Å²) in [5.74, 6) is -0.180. The van der Waals surface area contributed by atoms with Gasteiger partial charge >= 0.3 is 0 Å². The molecule has 2 rings (SSSR count). The summed E-state index contributed by atoms with van der Waals surface area (Å²) in [4.78, 5) is 4.50. The minimum Gasteiger partial charge on any atom is -0.308 e. The number of rotatable bonds is 3. The van der Waals surface area contributed by atoms with Gasteiger partial charge in [-0.3, -0.25) is 4.98 Å². The molecule has 0 amide bonds. The topological polar surface area (TPSA) is 24.9 Å². The third-order valence-electron chi connectivity index (χ3n) is 3.26. The summed E-state index contributed by atoms with van der Waals surface area (Å²) in [7, 11) is 1.83. The van der Waals surface area contributed by atoms with Gasteiger partial charge in [0.2, 0.25) is 0 Å². The van der Waals surface area contributed by atoms with Crippen LogP contribution >= 0.6 is 0 Å². The molecule has 0 aliphatic carbocycles. The molecule has 0 spiro atoms. The molecule has 0 fully saturated rings. The highest BCUT2D eigenvalue weighted by atomic mass is 19.1. The smallest absolute Gasteiger partial charge is 0.128 e. The molecule has 0 aliphatic rings. The molecule has 19 heavy (non-hydrogen) atoms. The fourth-order valence-corrected chi connectivity index (χ4v) is 2.46. The number of halogens is 1. The SMILES string of the molecule is CNC(c1cccc(C)n1)c1c(C)cc(C)cc1F. The largest absolute Gasteiger partial charge is 0.308 e. The number of nitrogens with zero attached hydrogens (tertiary/aromatic N) is 1. The molecule has 0 bridgehead atoms. The molecule has 100 valence electrons. The van der Waals surface area contributed by atoms with Crippen molar-refractivity contribution < 1.29 is 4.39 Å². The van der Waals surface area contributed by atoms with E-state index >= 15 is 0 Å². The molecule has 1 N–H and O–H groups in total. The lowest BCUT2D eigenvalue weighted by Crippen LogP contribution is -2.21. The van der Waals surface area contributed by atoms with Crippen LogP contribution in [-0.4, -0.2) is 12.0 Å². The predicted molar refractivity (Wildman–Crippen MR) is 75.8 cm³/mol. The van der Waals surface area contributed by atoms with Gasteiger partial charge in [-0.05, 0) is 57.1 Å². The van der Waals surface area contributed by atoms with Crippen molar-refractivity contribution in [2.45, 2.75) is 26.8 Å². The quantitative estimate of drug-likeness (QED) is 0.912. The Kier molecular flexibility index (Phi) is 3.96. The third-order valence-corrected chi connectivity index (χ3v) is 3.26. The monoisotopic (exact) mass is 258 g/mol. The van der Waals surface area contributed by atoms with Crippen LogP contribution in [-0.2, 0) is 0 Å². The van der Waals surface area contributed by atoms with Gasteiger partial charge in [-0.15, -0.1) is 0 Å². The van der Waals surface area contributed by atoms with Crippen molar-refractivity contribution in [2.24, 2.45) is 0 Å². The van der Waals surface area contributed by atoms with Gasteiger partial charge in [0.25, 0.3) is 0 Å². The fraction of sp³-hybridized carbons (Fsp3) is 0.312. The van der Waals surface area contributed by atoms with Crippen molar-refractivity contribution in [1.29, 1.82) is 0 Å². The van der Waals surface area contributed by atoms with Crippen LogP contribution < -0.4 is 5.32 Å². The third kappa shape index (κ3) is 2.82. The summed E-state index contributed by atoms with van der Waals surface area (Å²) >= 11 is 0. The van der Waals surface area contributed by atoms with E-state index in [0.717, 1.165) is 22.5 Å². The van der Waals surface area contributed by atoms with Gasteiger partial charge in [-0.25, -0.2) is 4.39 Å². The number of aromatic nitrogens is 1. The maximum absolute atomic E-state index is 14.3. The van der Waals surface area contributed by atoms with Crippen molar-refractivity contribution in [3.8, 4) is 0 Å². The lowest BCUT2D eigenvalue weighted by Gasteiger charge is -2.20. The van der Waals surface area contributed by atoms with Gasteiger partial charge in [0, 0.05) is 11.3 Å². The van der Waals surface area contributed by atoms with E-state index in [1.54, 1.807) is 6.07 Å². The first-order valence-corrected chi connectivity index (χ1v) is 6.40. The molecule has 0 aliphatic heterocycles. The van der Waals surface area contributed by atoms with Crippen LogP contribution in [0.5, 0.6) is 0 Å². The molecule has 1 unspecified atom stereocenters. The number of hydrogen-bond acceptors (Lipinski definition) is 2. The van der Waals surface area contributed by atoms with Crippen molar-refractivity contribution in [2.75, 3.05) is 7.05 Å². The molecule has 3 heteroatoms. The van der Waals surface area contributed by atoms with Crippen LogP contribution in [0.2, 0.25) is 0 Å². The van der Waals surface area contributed by atoms with Gasteiger partial charge in [-0.1, -0.05) is 12.1 Å². The lowest BCUT2D eigenvalue weighted by atomic mass is 9.96. The molecule has 2 nitrogen and oxygen atoms in total. The average Bonchev–Trinajstić information content (AvgIpc) is 2.33. The first kappa shape index (κ1) is 13.7. The van der Waals surface area contributed by atoms with Gasteiger partial charge in [0.1, 0.15) is 5.82 Å².